The number of nitrogens with zero attached hydrogens (tertiary/aromatic N) is 1. The second-order valence-corrected chi connectivity index (χ2v) is 6.32. The van der Waals surface area contributed by atoms with Crippen molar-refractivity contribution < 1.29 is 0 Å². The Morgan fingerprint density at radius 1 is 1.12 bits per heavy atom. The fraction of sp³-hybridized carbons (Fsp3) is 1.00. The number of hydrogen-bond donors (Lipinski definition) is 1. The van der Waals surface area contributed by atoms with Crippen molar-refractivity contribution in [3.63, 3.8) is 0 Å². The zero-order valence-electron chi connectivity index (χ0n) is 10.6. The Hall–Kier alpha value is -0.0800. The van der Waals surface area contributed by atoms with E-state index in [2.05, 4.69) is 17.1 Å². The van der Waals surface area contributed by atoms with Gasteiger partial charge in [-0.05, 0) is 56.7 Å². The third-order valence-corrected chi connectivity index (χ3v) is 5.32. The van der Waals surface area contributed by atoms with Crippen molar-refractivity contribution in [2.45, 2.75) is 45.1 Å². The van der Waals surface area contributed by atoms with Crippen LogP contribution in [-0.4, -0.2) is 37.1 Å². The lowest BCUT2D eigenvalue weighted by Crippen LogP contribution is -2.45. The predicted octanol–water partition coefficient (Wildman–Crippen LogP) is 2.11. The van der Waals surface area contributed by atoms with Crippen LogP contribution in [0.1, 0.15) is 39.0 Å². The van der Waals surface area contributed by atoms with E-state index in [1.54, 1.807) is 0 Å². The summed E-state index contributed by atoms with van der Waals surface area (Å²) < 4.78 is 0. The molecule has 2 saturated heterocycles. The zero-order valence-corrected chi connectivity index (χ0v) is 10.6. The van der Waals surface area contributed by atoms with Gasteiger partial charge in [0, 0.05) is 12.6 Å². The lowest BCUT2D eigenvalue weighted by Gasteiger charge is -2.32. The summed E-state index contributed by atoms with van der Waals surface area (Å²) in [6.07, 6.45) is 7.24. The molecule has 5 unspecified atom stereocenters. The number of piperidine rings is 1. The van der Waals surface area contributed by atoms with E-state index in [9.17, 15) is 0 Å². The fourth-order valence-corrected chi connectivity index (χ4v) is 4.05. The number of rotatable bonds is 3. The quantitative estimate of drug-likeness (QED) is 0.787. The molecule has 2 aliphatic heterocycles. The zero-order chi connectivity index (χ0) is 11.0. The molecule has 3 fully saturated rings. The molecule has 2 heterocycles. The van der Waals surface area contributed by atoms with Gasteiger partial charge >= 0.3 is 0 Å². The molecular weight excluding hydrogens is 196 g/mol. The monoisotopic (exact) mass is 222 g/mol. The van der Waals surface area contributed by atoms with Crippen LogP contribution in [0.4, 0.5) is 0 Å². The van der Waals surface area contributed by atoms with Crippen LogP contribution in [-0.2, 0) is 0 Å². The molecule has 2 heteroatoms. The van der Waals surface area contributed by atoms with E-state index in [4.69, 9.17) is 0 Å². The summed E-state index contributed by atoms with van der Waals surface area (Å²) in [5.74, 6) is 2.90. The maximum atomic E-state index is 3.89. The maximum absolute atomic E-state index is 3.89. The van der Waals surface area contributed by atoms with Crippen LogP contribution in [0.3, 0.4) is 0 Å². The molecule has 0 radical (unpaired) electrons. The molecule has 0 amide bonds. The highest BCUT2D eigenvalue weighted by atomic mass is 15.2. The highest BCUT2D eigenvalue weighted by molar-refractivity contribution is 4.91. The summed E-state index contributed by atoms with van der Waals surface area (Å²) in [4.78, 5) is 2.64. The minimum Gasteiger partial charge on any atom is -0.313 e. The first-order chi connectivity index (χ1) is 7.83. The number of fused-ring (bicyclic) bond motifs is 2. The third kappa shape index (κ3) is 2.14. The maximum Gasteiger partial charge on any atom is 0.0120 e. The molecule has 3 aliphatic rings. The summed E-state index contributed by atoms with van der Waals surface area (Å²) in [6, 6.07) is 0.839. The van der Waals surface area contributed by atoms with Crippen molar-refractivity contribution in [2.24, 2.45) is 17.8 Å². The summed E-state index contributed by atoms with van der Waals surface area (Å²) in [5.41, 5.74) is 0. The van der Waals surface area contributed by atoms with Crippen LogP contribution in [0.25, 0.3) is 0 Å². The molecule has 0 aromatic heterocycles. The third-order valence-electron chi connectivity index (χ3n) is 5.32. The van der Waals surface area contributed by atoms with Gasteiger partial charge in [0.25, 0.3) is 0 Å². The summed E-state index contributed by atoms with van der Waals surface area (Å²) in [6.45, 7) is 7.81. The molecule has 2 nitrogen and oxygen atoms in total. The summed E-state index contributed by atoms with van der Waals surface area (Å²) >= 11 is 0. The predicted molar refractivity (Wildman–Crippen MR) is 67.5 cm³/mol. The SMILES string of the molecule is CC1CCCC1CNC1CCN2CCC1C2. The molecule has 0 aromatic rings. The van der Waals surface area contributed by atoms with E-state index in [-0.39, 0.29) is 0 Å². The fourth-order valence-electron chi connectivity index (χ4n) is 4.05. The second-order valence-electron chi connectivity index (χ2n) is 6.32. The average Bonchev–Trinajstić information content (AvgIpc) is 2.86. The topological polar surface area (TPSA) is 15.3 Å². The van der Waals surface area contributed by atoms with Crippen molar-refractivity contribution in [3.05, 3.63) is 0 Å². The Morgan fingerprint density at radius 3 is 2.81 bits per heavy atom. The Kier molecular flexibility index (Phi) is 3.21. The highest BCUT2D eigenvalue weighted by Gasteiger charge is 2.34. The van der Waals surface area contributed by atoms with E-state index >= 15 is 0 Å². The number of nitrogens with one attached hydrogen (secondary N) is 1. The van der Waals surface area contributed by atoms with Gasteiger partial charge in [0.15, 0.2) is 0 Å². The van der Waals surface area contributed by atoms with E-state index in [0.29, 0.717) is 0 Å². The molecular formula is C14H26N2. The average molecular weight is 222 g/mol. The normalized spacial score (nSPS) is 47.4. The van der Waals surface area contributed by atoms with Gasteiger partial charge in [-0.25, -0.2) is 0 Å². The van der Waals surface area contributed by atoms with Crippen molar-refractivity contribution in [1.29, 1.82) is 0 Å². The van der Waals surface area contributed by atoms with Crippen LogP contribution < -0.4 is 5.32 Å². The molecule has 5 atom stereocenters. The van der Waals surface area contributed by atoms with E-state index < -0.39 is 0 Å². The van der Waals surface area contributed by atoms with E-state index in [0.717, 1.165) is 23.8 Å². The Labute approximate surface area is 99.8 Å². The van der Waals surface area contributed by atoms with Gasteiger partial charge in [0.05, 0.1) is 0 Å². The molecule has 3 rings (SSSR count). The standard InChI is InChI=1S/C14H26N2/c1-11-3-2-4-12(11)9-15-14-6-8-16-7-5-13(14)10-16/h11-15H,2-10H2,1H3. The molecule has 1 N–H and O–H groups in total. The minimum atomic E-state index is 0.839. The van der Waals surface area contributed by atoms with Crippen LogP contribution in [0.5, 0.6) is 0 Å². The van der Waals surface area contributed by atoms with Crippen LogP contribution >= 0.6 is 0 Å². The first-order valence-electron chi connectivity index (χ1n) is 7.28. The van der Waals surface area contributed by atoms with Crippen molar-refractivity contribution in [3.8, 4) is 0 Å². The van der Waals surface area contributed by atoms with Gasteiger partial charge in [-0.3, -0.25) is 0 Å². The number of hydrogen-bond acceptors (Lipinski definition) is 2. The molecule has 92 valence electrons. The van der Waals surface area contributed by atoms with E-state index in [1.165, 1.54) is 58.3 Å². The minimum absolute atomic E-state index is 0.839. The van der Waals surface area contributed by atoms with Gasteiger partial charge in [0.1, 0.15) is 0 Å². The molecule has 16 heavy (non-hydrogen) atoms. The summed E-state index contributed by atoms with van der Waals surface area (Å²) in [7, 11) is 0. The van der Waals surface area contributed by atoms with Gasteiger partial charge in [0.2, 0.25) is 0 Å². The lowest BCUT2D eigenvalue weighted by molar-refractivity contribution is 0.212. The largest absolute Gasteiger partial charge is 0.313 e. The van der Waals surface area contributed by atoms with Crippen LogP contribution in [0.15, 0.2) is 0 Å². The van der Waals surface area contributed by atoms with Crippen molar-refractivity contribution in [1.82, 2.24) is 10.2 Å². The Balaban J connectivity index is 1.47. The van der Waals surface area contributed by atoms with Crippen molar-refractivity contribution in [2.75, 3.05) is 26.2 Å². The first-order valence-corrected chi connectivity index (χ1v) is 7.28. The molecule has 0 spiro atoms. The molecule has 2 bridgehead atoms. The Bertz CT molecular complexity index is 241. The summed E-state index contributed by atoms with van der Waals surface area (Å²) in [5, 5.41) is 3.89. The van der Waals surface area contributed by atoms with Gasteiger partial charge in [-0.2, -0.15) is 0 Å². The van der Waals surface area contributed by atoms with Gasteiger partial charge < -0.3 is 10.2 Å². The smallest absolute Gasteiger partial charge is 0.0120 e. The van der Waals surface area contributed by atoms with Gasteiger partial charge in [-0.1, -0.05) is 19.8 Å². The lowest BCUT2D eigenvalue weighted by atomic mass is 9.92. The molecule has 1 aliphatic carbocycles. The molecule has 1 saturated carbocycles. The van der Waals surface area contributed by atoms with Crippen molar-refractivity contribution >= 4 is 0 Å². The highest BCUT2D eigenvalue weighted by Crippen LogP contribution is 2.32. The molecule has 0 aromatic carbocycles. The van der Waals surface area contributed by atoms with Crippen LogP contribution in [0.2, 0.25) is 0 Å². The van der Waals surface area contributed by atoms with Gasteiger partial charge in [-0.15, -0.1) is 0 Å². The van der Waals surface area contributed by atoms with Crippen LogP contribution in [0, 0.1) is 17.8 Å². The van der Waals surface area contributed by atoms with E-state index in [1.807, 2.05) is 0 Å². The second kappa shape index (κ2) is 4.66. The first kappa shape index (κ1) is 11.0. The Morgan fingerprint density at radius 2 is 2.00 bits per heavy atom.